The highest BCUT2D eigenvalue weighted by molar-refractivity contribution is 5.75. The normalized spacial score (nSPS) is 22.6. The minimum absolute atomic E-state index is 0.517. The molecule has 0 radical (unpaired) electrons. The van der Waals surface area contributed by atoms with Crippen LogP contribution in [0.1, 0.15) is 46.5 Å². The Morgan fingerprint density at radius 2 is 1.86 bits per heavy atom. The third kappa shape index (κ3) is 1.92. The number of aliphatic hydroxyl groups is 1. The summed E-state index contributed by atoms with van der Waals surface area (Å²) in [5, 5.41) is 19.2. The topological polar surface area (TPSA) is 57.5 Å². The summed E-state index contributed by atoms with van der Waals surface area (Å²) >= 11 is 0. The number of hydrogen-bond donors (Lipinski definition) is 2. The van der Waals surface area contributed by atoms with Crippen LogP contribution in [0.3, 0.4) is 0 Å². The van der Waals surface area contributed by atoms with Gasteiger partial charge < -0.3 is 10.2 Å². The van der Waals surface area contributed by atoms with Gasteiger partial charge in [-0.3, -0.25) is 4.79 Å². The number of hydrogen-bond acceptors (Lipinski definition) is 2. The second kappa shape index (κ2) is 3.54. The molecule has 1 rings (SSSR count). The molecule has 0 aliphatic heterocycles. The Morgan fingerprint density at radius 1 is 1.36 bits per heavy atom. The molecule has 0 bridgehead atoms. The van der Waals surface area contributed by atoms with Crippen LogP contribution in [0.2, 0.25) is 0 Å². The highest BCUT2D eigenvalue weighted by atomic mass is 16.4. The molecular weight excluding hydrogens is 180 g/mol. The third-order valence-corrected chi connectivity index (χ3v) is 3.79. The van der Waals surface area contributed by atoms with Crippen molar-refractivity contribution in [2.75, 3.05) is 0 Å². The maximum absolute atomic E-state index is 11.0. The quantitative estimate of drug-likeness (QED) is 0.730. The number of carboxylic acids is 1. The molecule has 1 unspecified atom stereocenters. The highest BCUT2D eigenvalue weighted by Crippen LogP contribution is 2.41. The van der Waals surface area contributed by atoms with Crippen molar-refractivity contribution in [3.8, 4) is 0 Å². The monoisotopic (exact) mass is 200 g/mol. The third-order valence-electron chi connectivity index (χ3n) is 3.79. The molecule has 1 aliphatic rings. The van der Waals surface area contributed by atoms with E-state index in [0.717, 1.165) is 12.8 Å². The molecule has 0 spiro atoms. The van der Waals surface area contributed by atoms with Crippen molar-refractivity contribution in [1.29, 1.82) is 0 Å². The summed E-state index contributed by atoms with van der Waals surface area (Å²) in [6, 6.07) is 0. The first-order chi connectivity index (χ1) is 6.27. The molecule has 0 saturated heterocycles. The molecule has 1 saturated carbocycles. The van der Waals surface area contributed by atoms with Crippen LogP contribution in [0, 0.1) is 11.3 Å². The van der Waals surface area contributed by atoms with Gasteiger partial charge in [-0.1, -0.05) is 19.3 Å². The lowest BCUT2D eigenvalue weighted by atomic mass is 9.68. The molecular formula is C11H20O3. The Balaban J connectivity index is 2.66. The second-order valence-corrected chi connectivity index (χ2v) is 5.21. The van der Waals surface area contributed by atoms with Crippen LogP contribution in [0.5, 0.6) is 0 Å². The smallest absolute Gasteiger partial charge is 0.311 e. The predicted octanol–water partition coefficient (Wildman–Crippen LogP) is 2.04. The molecule has 82 valence electrons. The van der Waals surface area contributed by atoms with E-state index in [-0.39, 0.29) is 0 Å². The lowest BCUT2D eigenvalue weighted by molar-refractivity contribution is -0.165. The zero-order chi connectivity index (χ0) is 11.0. The highest BCUT2D eigenvalue weighted by Gasteiger charge is 2.47. The zero-order valence-electron chi connectivity index (χ0n) is 9.21. The van der Waals surface area contributed by atoms with Gasteiger partial charge in [-0.05, 0) is 33.1 Å². The first-order valence-electron chi connectivity index (χ1n) is 5.23. The summed E-state index contributed by atoms with van der Waals surface area (Å²) in [7, 11) is 0. The van der Waals surface area contributed by atoms with Crippen molar-refractivity contribution in [2.24, 2.45) is 11.3 Å². The summed E-state index contributed by atoms with van der Waals surface area (Å²) in [5.41, 5.74) is -2.17. The van der Waals surface area contributed by atoms with E-state index in [0.29, 0.717) is 12.3 Å². The van der Waals surface area contributed by atoms with Gasteiger partial charge in [0.2, 0.25) is 0 Å². The number of carbonyl (C=O) groups is 1. The Bertz CT molecular complexity index is 227. The molecule has 1 fully saturated rings. The summed E-state index contributed by atoms with van der Waals surface area (Å²) in [6.07, 6.45) is 4.08. The van der Waals surface area contributed by atoms with Crippen LogP contribution >= 0.6 is 0 Å². The van der Waals surface area contributed by atoms with Crippen molar-refractivity contribution < 1.29 is 15.0 Å². The van der Waals surface area contributed by atoms with Crippen LogP contribution in [0.25, 0.3) is 0 Å². The van der Waals surface area contributed by atoms with Crippen LogP contribution in [-0.4, -0.2) is 21.8 Å². The van der Waals surface area contributed by atoms with E-state index >= 15 is 0 Å². The van der Waals surface area contributed by atoms with E-state index in [1.165, 1.54) is 6.42 Å². The van der Waals surface area contributed by atoms with Gasteiger partial charge in [-0.25, -0.2) is 0 Å². The first-order valence-corrected chi connectivity index (χ1v) is 5.23. The van der Waals surface area contributed by atoms with E-state index in [4.69, 9.17) is 5.11 Å². The van der Waals surface area contributed by atoms with Crippen molar-refractivity contribution in [1.82, 2.24) is 0 Å². The Morgan fingerprint density at radius 3 is 2.14 bits per heavy atom. The van der Waals surface area contributed by atoms with Crippen LogP contribution in [-0.2, 0) is 4.79 Å². The standard InChI is InChI=1S/C11H20O3/c1-10(2,9(12)13)11(3,14)7-8-5-4-6-8/h8,14H,4-7H2,1-3H3,(H,12,13). The molecule has 3 nitrogen and oxygen atoms in total. The van der Waals surface area contributed by atoms with Gasteiger partial charge in [0, 0.05) is 0 Å². The van der Waals surface area contributed by atoms with Crippen molar-refractivity contribution in [3.63, 3.8) is 0 Å². The van der Waals surface area contributed by atoms with E-state index in [2.05, 4.69) is 0 Å². The lowest BCUT2D eigenvalue weighted by Gasteiger charge is -2.41. The largest absolute Gasteiger partial charge is 0.481 e. The van der Waals surface area contributed by atoms with Gasteiger partial charge >= 0.3 is 5.97 Å². The molecule has 1 aliphatic carbocycles. The first kappa shape index (κ1) is 11.5. The van der Waals surface area contributed by atoms with Crippen molar-refractivity contribution in [3.05, 3.63) is 0 Å². The summed E-state index contributed by atoms with van der Waals surface area (Å²) < 4.78 is 0. The van der Waals surface area contributed by atoms with Crippen LogP contribution in [0.4, 0.5) is 0 Å². The van der Waals surface area contributed by atoms with Crippen molar-refractivity contribution in [2.45, 2.75) is 52.1 Å². The zero-order valence-corrected chi connectivity index (χ0v) is 9.21. The van der Waals surface area contributed by atoms with Gasteiger partial charge in [0.25, 0.3) is 0 Å². The summed E-state index contributed by atoms with van der Waals surface area (Å²) in [6.45, 7) is 4.82. The lowest BCUT2D eigenvalue weighted by Crippen LogP contribution is -2.49. The minimum Gasteiger partial charge on any atom is -0.481 e. The Kier molecular flexibility index (Phi) is 2.91. The second-order valence-electron chi connectivity index (χ2n) is 5.21. The average Bonchev–Trinajstić information content (AvgIpc) is 1.96. The number of carboxylic acid groups (broad SMARTS) is 1. The maximum atomic E-state index is 11.0. The molecule has 0 aromatic carbocycles. The van der Waals surface area contributed by atoms with E-state index in [1.807, 2.05) is 0 Å². The molecule has 0 aromatic heterocycles. The van der Waals surface area contributed by atoms with E-state index in [1.54, 1.807) is 20.8 Å². The fraction of sp³-hybridized carbons (Fsp3) is 0.909. The van der Waals surface area contributed by atoms with E-state index in [9.17, 15) is 9.90 Å². The average molecular weight is 200 g/mol. The Labute approximate surface area is 85.1 Å². The van der Waals surface area contributed by atoms with E-state index < -0.39 is 17.0 Å². The minimum atomic E-state index is -1.11. The van der Waals surface area contributed by atoms with Gasteiger partial charge in [-0.2, -0.15) is 0 Å². The summed E-state index contributed by atoms with van der Waals surface area (Å²) in [5.74, 6) is -0.412. The van der Waals surface area contributed by atoms with Crippen molar-refractivity contribution >= 4 is 5.97 Å². The fourth-order valence-electron chi connectivity index (χ4n) is 1.74. The molecule has 0 heterocycles. The number of aliphatic carboxylic acids is 1. The number of rotatable bonds is 4. The Hall–Kier alpha value is -0.570. The van der Waals surface area contributed by atoms with Gasteiger partial charge in [0.05, 0.1) is 11.0 Å². The van der Waals surface area contributed by atoms with Gasteiger partial charge in [0.1, 0.15) is 0 Å². The molecule has 2 N–H and O–H groups in total. The van der Waals surface area contributed by atoms with Crippen LogP contribution < -0.4 is 0 Å². The van der Waals surface area contributed by atoms with Gasteiger partial charge in [-0.15, -0.1) is 0 Å². The van der Waals surface area contributed by atoms with Crippen LogP contribution in [0.15, 0.2) is 0 Å². The molecule has 0 aromatic rings. The molecule has 14 heavy (non-hydrogen) atoms. The molecule has 1 atom stereocenters. The summed E-state index contributed by atoms with van der Waals surface area (Å²) in [4.78, 5) is 11.0. The predicted molar refractivity (Wildman–Crippen MR) is 54.0 cm³/mol. The molecule has 3 heteroatoms. The van der Waals surface area contributed by atoms with Gasteiger partial charge in [0.15, 0.2) is 0 Å². The fourth-order valence-corrected chi connectivity index (χ4v) is 1.74. The maximum Gasteiger partial charge on any atom is 0.311 e. The molecule has 0 amide bonds. The SMILES string of the molecule is CC(O)(CC1CCC1)C(C)(C)C(=O)O.